The van der Waals surface area contributed by atoms with E-state index in [2.05, 4.69) is 4.98 Å². The highest BCUT2D eigenvalue weighted by molar-refractivity contribution is 7.98. The molecule has 0 saturated heterocycles. The maximum Gasteiger partial charge on any atom is 0.222 e. The van der Waals surface area contributed by atoms with E-state index in [-0.39, 0.29) is 0 Å². The van der Waals surface area contributed by atoms with E-state index in [4.69, 9.17) is 9.47 Å². The molecule has 0 unspecified atom stereocenters. The maximum absolute atomic E-state index is 5.62. The molecule has 0 bridgehead atoms. The Bertz CT molecular complexity index is 485. The highest BCUT2D eigenvalue weighted by atomic mass is 32.2. The zero-order chi connectivity index (χ0) is 12.1. The van der Waals surface area contributed by atoms with Crippen molar-refractivity contribution in [1.29, 1.82) is 0 Å². The fourth-order valence-electron chi connectivity index (χ4n) is 1.33. The maximum atomic E-state index is 5.62. The van der Waals surface area contributed by atoms with Crippen LogP contribution in [0, 0.1) is 0 Å². The molecule has 2 aromatic rings. The number of nitrogens with zero attached hydrogens (tertiary/aromatic N) is 1. The summed E-state index contributed by atoms with van der Waals surface area (Å²) in [7, 11) is 1.58. The van der Waals surface area contributed by atoms with Crippen LogP contribution in [0.2, 0.25) is 0 Å². The summed E-state index contributed by atoms with van der Waals surface area (Å²) in [6.45, 7) is 0. The normalized spacial score (nSPS) is 10.0. The van der Waals surface area contributed by atoms with E-state index >= 15 is 0 Å². The fourth-order valence-corrected chi connectivity index (χ4v) is 1.74. The van der Waals surface area contributed by atoms with Crippen LogP contribution in [-0.2, 0) is 0 Å². The number of ether oxygens (including phenoxy) is 2. The van der Waals surface area contributed by atoms with Gasteiger partial charge in [-0.1, -0.05) is 6.07 Å². The van der Waals surface area contributed by atoms with E-state index in [0.29, 0.717) is 11.8 Å². The predicted molar refractivity (Wildman–Crippen MR) is 69.1 cm³/mol. The summed E-state index contributed by atoms with van der Waals surface area (Å²) in [5, 5.41) is 0. The van der Waals surface area contributed by atoms with Gasteiger partial charge in [-0.25, -0.2) is 0 Å². The first kappa shape index (κ1) is 11.8. The van der Waals surface area contributed by atoms with Gasteiger partial charge in [0.2, 0.25) is 11.8 Å². The first-order chi connectivity index (χ1) is 8.31. The largest absolute Gasteiger partial charge is 0.481 e. The average molecular weight is 247 g/mol. The molecule has 1 aromatic heterocycles. The van der Waals surface area contributed by atoms with Gasteiger partial charge < -0.3 is 9.47 Å². The first-order valence-electron chi connectivity index (χ1n) is 5.15. The summed E-state index contributed by atoms with van der Waals surface area (Å²) in [4.78, 5) is 5.38. The van der Waals surface area contributed by atoms with Gasteiger partial charge in [0.1, 0.15) is 5.75 Å². The molecule has 0 amide bonds. The van der Waals surface area contributed by atoms with E-state index in [1.54, 1.807) is 31.0 Å². The Kier molecular flexibility index (Phi) is 3.88. The van der Waals surface area contributed by atoms with E-state index in [9.17, 15) is 0 Å². The summed E-state index contributed by atoms with van der Waals surface area (Å²) in [5.74, 6) is 1.84. The zero-order valence-electron chi connectivity index (χ0n) is 9.71. The molecule has 2 rings (SSSR count). The van der Waals surface area contributed by atoms with Crippen molar-refractivity contribution in [2.24, 2.45) is 0 Å². The van der Waals surface area contributed by atoms with Gasteiger partial charge in [0, 0.05) is 17.0 Å². The average Bonchev–Trinajstić information content (AvgIpc) is 2.40. The van der Waals surface area contributed by atoms with Crippen LogP contribution in [0.4, 0.5) is 0 Å². The van der Waals surface area contributed by atoms with Crippen LogP contribution in [0.1, 0.15) is 0 Å². The quantitative estimate of drug-likeness (QED) is 0.772. The van der Waals surface area contributed by atoms with Crippen molar-refractivity contribution in [3.8, 4) is 17.5 Å². The standard InChI is InChI=1S/C13H13NO2S/c1-15-12-4-3-5-13(14-12)16-10-6-8-11(17-2)9-7-10/h3-9H,1-2H3. The number of hydrogen-bond acceptors (Lipinski definition) is 4. The molecule has 0 spiro atoms. The van der Waals surface area contributed by atoms with Gasteiger partial charge in [-0.2, -0.15) is 4.98 Å². The van der Waals surface area contributed by atoms with E-state index in [1.165, 1.54) is 4.90 Å². The molecule has 0 aliphatic rings. The minimum atomic E-state index is 0.529. The molecule has 88 valence electrons. The van der Waals surface area contributed by atoms with Crippen LogP contribution < -0.4 is 9.47 Å². The van der Waals surface area contributed by atoms with Crippen LogP contribution in [0.15, 0.2) is 47.4 Å². The van der Waals surface area contributed by atoms with Crippen molar-refractivity contribution in [2.45, 2.75) is 4.90 Å². The van der Waals surface area contributed by atoms with Crippen molar-refractivity contribution in [1.82, 2.24) is 4.98 Å². The minimum absolute atomic E-state index is 0.529. The van der Waals surface area contributed by atoms with E-state index < -0.39 is 0 Å². The number of aromatic nitrogens is 1. The van der Waals surface area contributed by atoms with Gasteiger partial charge in [-0.15, -0.1) is 11.8 Å². The highest BCUT2D eigenvalue weighted by Crippen LogP contribution is 2.24. The van der Waals surface area contributed by atoms with Gasteiger partial charge >= 0.3 is 0 Å². The van der Waals surface area contributed by atoms with Gasteiger partial charge in [0.05, 0.1) is 7.11 Å². The lowest BCUT2D eigenvalue weighted by Gasteiger charge is -2.06. The van der Waals surface area contributed by atoms with Crippen molar-refractivity contribution < 1.29 is 9.47 Å². The monoisotopic (exact) mass is 247 g/mol. The first-order valence-corrected chi connectivity index (χ1v) is 6.37. The summed E-state index contributed by atoms with van der Waals surface area (Å²) in [6.07, 6.45) is 2.04. The van der Waals surface area contributed by atoms with Gasteiger partial charge in [0.25, 0.3) is 0 Å². The summed E-state index contributed by atoms with van der Waals surface area (Å²) in [5.41, 5.74) is 0. The molecule has 3 nitrogen and oxygen atoms in total. The Morgan fingerprint density at radius 3 is 2.35 bits per heavy atom. The second kappa shape index (κ2) is 5.59. The Morgan fingerprint density at radius 1 is 1.00 bits per heavy atom. The summed E-state index contributed by atoms with van der Waals surface area (Å²) >= 11 is 1.70. The lowest BCUT2D eigenvalue weighted by atomic mass is 10.3. The Morgan fingerprint density at radius 2 is 1.71 bits per heavy atom. The van der Waals surface area contributed by atoms with Crippen LogP contribution in [0.3, 0.4) is 0 Å². The Labute approximate surface area is 105 Å². The number of pyridine rings is 1. The number of benzene rings is 1. The van der Waals surface area contributed by atoms with Gasteiger partial charge in [0.15, 0.2) is 0 Å². The molecule has 0 radical (unpaired) electrons. The zero-order valence-corrected chi connectivity index (χ0v) is 10.5. The van der Waals surface area contributed by atoms with E-state index in [0.717, 1.165) is 5.75 Å². The minimum Gasteiger partial charge on any atom is -0.481 e. The molecule has 0 aliphatic carbocycles. The molecular weight excluding hydrogens is 234 g/mol. The van der Waals surface area contributed by atoms with Crippen LogP contribution in [0.25, 0.3) is 0 Å². The molecule has 0 aliphatic heterocycles. The van der Waals surface area contributed by atoms with Gasteiger partial charge in [-0.3, -0.25) is 0 Å². The molecular formula is C13H13NO2S. The molecule has 1 aromatic carbocycles. The number of hydrogen-bond donors (Lipinski definition) is 0. The predicted octanol–water partition coefficient (Wildman–Crippen LogP) is 3.60. The van der Waals surface area contributed by atoms with Crippen molar-refractivity contribution >= 4 is 11.8 Å². The molecule has 0 atom stereocenters. The molecule has 0 fully saturated rings. The van der Waals surface area contributed by atoms with Crippen molar-refractivity contribution in [3.05, 3.63) is 42.5 Å². The van der Waals surface area contributed by atoms with Gasteiger partial charge in [-0.05, 0) is 30.5 Å². The van der Waals surface area contributed by atoms with Crippen molar-refractivity contribution in [3.63, 3.8) is 0 Å². The number of rotatable bonds is 4. The molecule has 0 saturated carbocycles. The SMILES string of the molecule is COc1cccc(Oc2ccc(SC)cc2)n1. The lowest BCUT2D eigenvalue weighted by molar-refractivity contribution is 0.383. The smallest absolute Gasteiger partial charge is 0.222 e. The fraction of sp³-hybridized carbons (Fsp3) is 0.154. The lowest BCUT2D eigenvalue weighted by Crippen LogP contribution is -1.91. The highest BCUT2D eigenvalue weighted by Gasteiger charge is 2.00. The molecule has 1 heterocycles. The number of thioether (sulfide) groups is 1. The Hall–Kier alpha value is -1.68. The van der Waals surface area contributed by atoms with Crippen LogP contribution in [0.5, 0.6) is 17.5 Å². The third-order valence-corrected chi connectivity index (χ3v) is 2.93. The summed E-state index contributed by atoms with van der Waals surface area (Å²) < 4.78 is 10.7. The van der Waals surface area contributed by atoms with Crippen LogP contribution >= 0.6 is 11.8 Å². The second-order valence-electron chi connectivity index (χ2n) is 3.30. The van der Waals surface area contributed by atoms with Crippen LogP contribution in [-0.4, -0.2) is 18.3 Å². The Balaban J connectivity index is 2.13. The molecule has 0 N–H and O–H groups in total. The van der Waals surface area contributed by atoms with Crippen molar-refractivity contribution in [2.75, 3.05) is 13.4 Å². The third kappa shape index (κ3) is 3.14. The molecule has 17 heavy (non-hydrogen) atoms. The molecule has 4 heteroatoms. The second-order valence-corrected chi connectivity index (χ2v) is 4.18. The topological polar surface area (TPSA) is 31.4 Å². The summed E-state index contributed by atoms with van der Waals surface area (Å²) in [6, 6.07) is 13.3. The number of methoxy groups -OCH3 is 1. The third-order valence-electron chi connectivity index (χ3n) is 2.19. The van der Waals surface area contributed by atoms with E-state index in [1.807, 2.05) is 36.6 Å².